The highest BCUT2D eigenvalue weighted by Crippen LogP contribution is 2.72. The van der Waals surface area contributed by atoms with Crippen LogP contribution in [0.25, 0.3) is 11.6 Å². The molecule has 3 saturated carbocycles. The molecule has 0 amide bonds. The number of aliphatic carboxylic acids is 1. The summed E-state index contributed by atoms with van der Waals surface area (Å²) in [7, 11) is 0. The van der Waals surface area contributed by atoms with Gasteiger partial charge in [-0.25, -0.2) is 13.6 Å². The fourth-order valence-electron chi connectivity index (χ4n) is 7.46. The first-order valence-corrected chi connectivity index (χ1v) is 11.7. The van der Waals surface area contributed by atoms with Gasteiger partial charge in [0, 0.05) is 23.2 Å². The summed E-state index contributed by atoms with van der Waals surface area (Å²) >= 11 is 0. The second kappa shape index (κ2) is 6.86. The third-order valence-electron chi connectivity index (χ3n) is 8.30. The Labute approximate surface area is 192 Å². The zero-order valence-corrected chi connectivity index (χ0v) is 18.9. The van der Waals surface area contributed by atoms with Crippen LogP contribution in [0.3, 0.4) is 0 Å². The maximum Gasteiger partial charge on any atom is 0.328 e. The highest BCUT2D eigenvalue weighted by Gasteiger charge is 2.69. The van der Waals surface area contributed by atoms with E-state index in [2.05, 4.69) is 30.9 Å². The molecular formula is C28H27F2NO2. The number of carboxylic acids is 1. The van der Waals surface area contributed by atoms with Gasteiger partial charge in [-0.15, -0.1) is 0 Å². The van der Waals surface area contributed by atoms with E-state index in [1.807, 2.05) is 12.1 Å². The molecule has 0 spiro atoms. The Morgan fingerprint density at radius 2 is 1.82 bits per heavy atom. The standard InChI is InChI=1S/C28H27F2NO2/c1-16-9-20-19-6-4-3-5-18(19)12-21(20)26(31(16)28-13-27(2,14-28)15-28)25-22(29)10-17(11-23(25)30)7-8-24(32)33/h3-8,10-11,16,26H,9,12-15H2,1-2H3,(H,32,33)/b8-7+/t16-,26+,27?,28?/m0/s1. The van der Waals surface area contributed by atoms with Gasteiger partial charge in [0.15, 0.2) is 0 Å². The van der Waals surface area contributed by atoms with Crippen LogP contribution >= 0.6 is 0 Å². The average Bonchev–Trinajstić information content (AvgIpc) is 3.07. The number of fused-ring (bicyclic) bond motifs is 2. The van der Waals surface area contributed by atoms with E-state index >= 15 is 8.78 Å². The van der Waals surface area contributed by atoms with Gasteiger partial charge in [-0.2, -0.15) is 0 Å². The molecule has 2 atom stereocenters. The van der Waals surface area contributed by atoms with Crippen LogP contribution in [0.2, 0.25) is 0 Å². The van der Waals surface area contributed by atoms with Gasteiger partial charge in [0.2, 0.25) is 0 Å². The summed E-state index contributed by atoms with van der Waals surface area (Å²) in [4.78, 5) is 13.3. The molecular weight excluding hydrogens is 420 g/mol. The van der Waals surface area contributed by atoms with E-state index < -0.39 is 23.6 Å². The van der Waals surface area contributed by atoms with E-state index in [1.54, 1.807) is 0 Å². The fraction of sp³-hybridized carbons (Fsp3) is 0.393. The van der Waals surface area contributed by atoms with Crippen molar-refractivity contribution in [2.24, 2.45) is 5.41 Å². The van der Waals surface area contributed by atoms with Gasteiger partial charge in [0.05, 0.1) is 6.04 Å². The number of hydrogen-bond acceptors (Lipinski definition) is 2. The second-order valence-corrected chi connectivity index (χ2v) is 10.8. The van der Waals surface area contributed by atoms with Gasteiger partial charge in [-0.1, -0.05) is 31.2 Å². The predicted octanol–water partition coefficient (Wildman–Crippen LogP) is 6.15. The van der Waals surface area contributed by atoms with E-state index in [1.165, 1.54) is 34.9 Å². The zero-order valence-electron chi connectivity index (χ0n) is 18.9. The minimum Gasteiger partial charge on any atom is -0.478 e. The molecule has 0 aromatic heterocycles. The van der Waals surface area contributed by atoms with Crippen LogP contribution in [0.5, 0.6) is 0 Å². The largest absolute Gasteiger partial charge is 0.478 e. The van der Waals surface area contributed by atoms with Crippen LogP contribution in [-0.4, -0.2) is 27.6 Å². The number of nitrogens with zero attached hydrogens (tertiary/aromatic N) is 1. The summed E-state index contributed by atoms with van der Waals surface area (Å²) in [6.45, 7) is 4.50. The third kappa shape index (κ3) is 2.98. The van der Waals surface area contributed by atoms with Gasteiger partial charge in [0.1, 0.15) is 11.6 Å². The monoisotopic (exact) mass is 447 g/mol. The number of hydrogen-bond donors (Lipinski definition) is 1. The first-order valence-electron chi connectivity index (χ1n) is 11.7. The molecule has 170 valence electrons. The molecule has 1 N–H and O–H groups in total. The second-order valence-electron chi connectivity index (χ2n) is 10.8. The van der Waals surface area contributed by atoms with Crippen molar-refractivity contribution in [1.82, 2.24) is 4.90 Å². The third-order valence-corrected chi connectivity index (χ3v) is 8.30. The molecule has 1 aliphatic heterocycles. The molecule has 2 aromatic carbocycles. The molecule has 0 radical (unpaired) electrons. The lowest BCUT2D eigenvalue weighted by Crippen LogP contribution is -2.75. The summed E-state index contributed by atoms with van der Waals surface area (Å²) in [6.07, 6.45) is 6.99. The normalized spacial score (nSPS) is 32.4. The van der Waals surface area contributed by atoms with Crippen molar-refractivity contribution in [3.63, 3.8) is 0 Å². The van der Waals surface area contributed by atoms with E-state index in [0.29, 0.717) is 11.8 Å². The van der Waals surface area contributed by atoms with Gasteiger partial charge in [0.25, 0.3) is 0 Å². The van der Waals surface area contributed by atoms with E-state index in [4.69, 9.17) is 5.11 Å². The highest BCUT2D eigenvalue weighted by molar-refractivity contribution is 5.85. The van der Waals surface area contributed by atoms with Crippen LogP contribution in [0.4, 0.5) is 8.78 Å². The maximum absolute atomic E-state index is 15.6. The summed E-state index contributed by atoms with van der Waals surface area (Å²) < 4.78 is 31.3. The van der Waals surface area contributed by atoms with Crippen molar-refractivity contribution in [1.29, 1.82) is 0 Å². The Kier molecular flexibility index (Phi) is 4.32. The molecule has 0 saturated heterocycles. The van der Waals surface area contributed by atoms with Gasteiger partial charge in [-0.05, 0) is 90.5 Å². The van der Waals surface area contributed by atoms with Crippen LogP contribution in [0, 0.1) is 17.0 Å². The zero-order chi connectivity index (χ0) is 23.1. The molecule has 2 bridgehead atoms. The molecule has 5 heteroatoms. The van der Waals surface area contributed by atoms with Crippen molar-refractivity contribution in [2.45, 2.75) is 63.6 Å². The first kappa shape index (κ1) is 20.8. The lowest BCUT2D eigenvalue weighted by molar-refractivity contribution is -0.231. The van der Waals surface area contributed by atoms with E-state index in [9.17, 15) is 4.79 Å². The summed E-state index contributed by atoms with van der Waals surface area (Å²) in [5.41, 5.74) is 5.52. The lowest BCUT2D eigenvalue weighted by Gasteiger charge is -2.75. The Hall–Kier alpha value is -2.79. The number of carboxylic acid groups (broad SMARTS) is 1. The van der Waals surface area contributed by atoms with Crippen LogP contribution in [-0.2, 0) is 11.2 Å². The van der Waals surface area contributed by atoms with Crippen LogP contribution < -0.4 is 0 Å². The van der Waals surface area contributed by atoms with Gasteiger partial charge in [-0.3, -0.25) is 4.90 Å². The summed E-state index contributed by atoms with van der Waals surface area (Å²) in [6, 6.07) is 10.6. The molecule has 1 heterocycles. The Balaban J connectivity index is 1.50. The van der Waals surface area contributed by atoms with Crippen molar-refractivity contribution in [3.8, 4) is 0 Å². The molecule has 4 aliphatic carbocycles. The molecule has 2 aromatic rings. The van der Waals surface area contributed by atoms with E-state index in [0.717, 1.165) is 37.3 Å². The minimum absolute atomic E-state index is 0.0207. The van der Waals surface area contributed by atoms with E-state index in [-0.39, 0.29) is 22.7 Å². The predicted molar refractivity (Wildman–Crippen MR) is 123 cm³/mol. The van der Waals surface area contributed by atoms with Crippen molar-refractivity contribution < 1.29 is 18.7 Å². The van der Waals surface area contributed by atoms with Crippen molar-refractivity contribution in [3.05, 3.63) is 81.9 Å². The number of benzene rings is 2. The SMILES string of the molecule is C[C@H]1CC2=C(Cc3ccccc32)[C@H](c2c(F)cc(/C=C/C(=O)O)cc2F)N1C12CC(C)(C1)C2. The van der Waals surface area contributed by atoms with Gasteiger partial charge < -0.3 is 5.11 Å². The topological polar surface area (TPSA) is 40.5 Å². The highest BCUT2D eigenvalue weighted by atomic mass is 19.1. The fourth-order valence-corrected chi connectivity index (χ4v) is 7.46. The number of halogens is 2. The lowest BCUT2D eigenvalue weighted by atomic mass is 9.39. The quantitative estimate of drug-likeness (QED) is 0.572. The Morgan fingerprint density at radius 3 is 2.45 bits per heavy atom. The molecule has 5 aliphatic rings. The molecule has 3 fully saturated rings. The number of carbonyl (C=O) groups is 1. The molecule has 7 rings (SSSR count). The van der Waals surface area contributed by atoms with Crippen molar-refractivity contribution >= 4 is 17.6 Å². The Morgan fingerprint density at radius 1 is 1.15 bits per heavy atom. The smallest absolute Gasteiger partial charge is 0.328 e. The van der Waals surface area contributed by atoms with Crippen LogP contribution in [0.1, 0.15) is 67.8 Å². The molecule has 0 unspecified atom stereocenters. The number of rotatable bonds is 4. The van der Waals surface area contributed by atoms with Crippen molar-refractivity contribution in [2.75, 3.05) is 0 Å². The average molecular weight is 448 g/mol. The van der Waals surface area contributed by atoms with Crippen LogP contribution in [0.15, 0.2) is 48.0 Å². The summed E-state index contributed by atoms with van der Waals surface area (Å²) in [5.74, 6) is -2.36. The molecule has 3 nitrogen and oxygen atoms in total. The Bertz CT molecular complexity index is 1220. The van der Waals surface area contributed by atoms with Gasteiger partial charge >= 0.3 is 5.97 Å². The first-order chi connectivity index (χ1) is 15.7. The summed E-state index contributed by atoms with van der Waals surface area (Å²) in [5, 5.41) is 8.89. The maximum atomic E-state index is 15.6. The molecule has 33 heavy (non-hydrogen) atoms. The minimum atomic E-state index is -1.15.